The van der Waals surface area contributed by atoms with E-state index in [2.05, 4.69) is 5.32 Å². The van der Waals surface area contributed by atoms with Gasteiger partial charge in [0.25, 0.3) is 5.91 Å². The van der Waals surface area contributed by atoms with Crippen LogP contribution in [0.1, 0.15) is 43.1 Å². The Hall–Kier alpha value is -3.19. The number of aliphatic hydroxyl groups excluding tert-OH is 1. The summed E-state index contributed by atoms with van der Waals surface area (Å²) in [6, 6.07) is 10.2. The van der Waals surface area contributed by atoms with Crippen LogP contribution in [0.25, 0.3) is 0 Å². The average molecular weight is 343 g/mol. The van der Waals surface area contributed by atoms with Gasteiger partial charge in [0.15, 0.2) is 0 Å². The number of carboxylic acids is 2. The second-order valence-electron chi connectivity index (χ2n) is 5.31. The molecule has 0 fully saturated rings. The Morgan fingerprint density at radius 3 is 2.12 bits per heavy atom. The topological polar surface area (TPSA) is 124 Å². The molecule has 0 bridgehead atoms. The number of rotatable bonds is 7. The van der Waals surface area contributed by atoms with E-state index in [4.69, 9.17) is 10.2 Å². The zero-order valence-corrected chi connectivity index (χ0v) is 13.2. The zero-order valence-electron chi connectivity index (χ0n) is 13.2. The van der Waals surface area contributed by atoms with E-state index in [1.54, 1.807) is 18.2 Å². The van der Waals surface area contributed by atoms with Gasteiger partial charge in [0.1, 0.15) is 0 Å². The molecular formula is C18H17NO6. The summed E-state index contributed by atoms with van der Waals surface area (Å²) in [6.07, 6.45) is 0.826. The predicted molar refractivity (Wildman–Crippen MR) is 90.2 cm³/mol. The van der Waals surface area contributed by atoms with E-state index in [-0.39, 0.29) is 29.0 Å². The van der Waals surface area contributed by atoms with Gasteiger partial charge in [-0.25, -0.2) is 9.59 Å². The van der Waals surface area contributed by atoms with Crippen LogP contribution in [0.4, 0.5) is 5.69 Å². The fourth-order valence-corrected chi connectivity index (χ4v) is 2.41. The quantitative estimate of drug-likeness (QED) is 0.611. The lowest BCUT2D eigenvalue weighted by atomic mass is 10.0. The first-order chi connectivity index (χ1) is 11.9. The maximum Gasteiger partial charge on any atom is 0.336 e. The molecule has 0 spiro atoms. The maximum absolute atomic E-state index is 12.3. The molecule has 2 aromatic carbocycles. The van der Waals surface area contributed by atoms with Gasteiger partial charge in [0.05, 0.1) is 16.7 Å². The average Bonchev–Trinajstić information content (AvgIpc) is 2.60. The summed E-state index contributed by atoms with van der Waals surface area (Å²) in [4.78, 5) is 34.9. The first kappa shape index (κ1) is 18.2. The van der Waals surface area contributed by atoms with Gasteiger partial charge in [-0.05, 0) is 42.7 Å². The lowest BCUT2D eigenvalue weighted by Crippen LogP contribution is -2.17. The van der Waals surface area contributed by atoms with E-state index in [9.17, 15) is 19.5 Å². The summed E-state index contributed by atoms with van der Waals surface area (Å²) in [5.41, 5.74) is 0.660. The molecule has 0 radical (unpaired) electrons. The van der Waals surface area contributed by atoms with Gasteiger partial charge < -0.3 is 20.6 Å². The summed E-state index contributed by atoms with van der Waals surface area (Å²) in [5, 5.41) is 29.8. The van der Waals surface area contributed by atoms with Gasteiger partial charge in [-0.1, -0.05) is 18.2 Å². The zero-order chi connectivity index (χ0) is 18.4. The van der Waals surface area contributed by atoms with E-state index < -0.39 is 17.8 Å². The van der Waals surface area contributed by atoms with E-state index >= 15 is 0 Å². The van der Waals surface area contributed by atoms with Crippen molar-refractivity contribution in [1.82, 2.24) is 0 Å². The Morgan fingerprint density at radius 1 is 0.880 bits per heavy atom. The van der Waals surface area contributed by atoms with Crippen LogP contribution in [0.2, 0.25) is 0 Å². The molecule has 0 aromatic heterocycles. The highest BCUT2D eigenvalue weighted by Gasteiger charge is 2.17. The number of nitrogens with one attached hydrogen (secondary N) is 1. The number of benzene rings is 2. The predicted octanol–water partition coefficient (Wildman–Crippen LogP) is 2.26. The Balaban J connectivity index is 2.28. The standard InChI is InChI=1S/C18H17NO6/c20-9-3-4-11-7-8-12(10-15(11)18(24)25)19-16(21)13-5-1-2-6-14(13)17(22)23/h1-2,5-8,10,20H,3-4,9H2,(H,19,21)(H,22,23)(H,24,25). The van der Waals surface area contributed by atoms with Crippen molar-refractivity contribution < 1.29 is 29.7 Å². The van der Waals surface area contributed by atoms with Gasteiger partial charge in [0.2, 0.25) is 0 Å². The maximum atomic E-state index is 12.3. The van der Waals surface area contributed by atoms with Crippen molar-refractivity contribution >= 4 is 23.5 Å². The molecule has 0 aliphatic rings. The van der Waals surface area contributed by atoms with Gasteiger partial charge >= 0.3 is 11.9 Å². The van der Waals surface area contributed by atoms with Gasteiger partial charge in [0, 0.05) is 12.3 Å². The summed E-state index contributed by atoms with van der Waals surface area (Å²) < 4.78 is 0. The molecule has 2 aromatic rings. The van der Waals surface area contributed by atoms with Crippen LogP contribution in [0.15, 0.2) is 42.5 Å². The van der Waals surface area contributed by atoms with Gasteiger partial charge in [-0.3, -0.25) is 4.79 Å². The monoisotopic (exact) mass is 343 g/mol. The minimum absolute atomic E-state index is 0.0174. The van der Waals surface area contributed by atoms with Crippen LogP contribution in [0.5, 0.6) is 0 Å². The minimum atomic E-state index is -1.23. The lowest BCUT2D eigenvalue weighted by molar-refractivity contribution is 0.0684. The third kappa shape index (κ3) is 4.42. The smallest absolute Gasteiger partial charge is 0.336 e. The van der Waals surface area contributed by atoms with Crippen molar-refractivity contribution in [3.63, 3.8) is 0 Å². The molecule has 0 unspecified atom stereocenters. The van der Waals surface area contributed by atoms with Crippen molar-refractivity contribution in [3.05, 3.63) is 64.7 Å². The van der Waals surface area contributed by atoms with E-state index in [1.807, 2.05) is 0 Å². The SMILES string of the molecule is O=C(O)c1cc(NC(=O)c2ccccc2C(=O)O)ccc1CCCO. The van der Waals surface area contributed by atoms with Crippen molar-refractivity contribution in [2.24, 2.45) is 0 Å². The lowest BCUT2D eigenvalue weighted by Gasteiger charge is -2.11. The van der Waals surface area contributed by atoms with E-state index in [0.717, 1.165) is 0 Å². The fraction of sp³-hybridized carbons (Fsp3) is 0.167. The van der Waals surface area contributed by atoms with E-state index in [0.29, 0.717) is 18.4 Å². The molecule has 0 atom stereocenters. The van der Waals surface area contributed by atoms with Crippen LogP contribution in [0, 0.1) is 0 Å². The number of carbonyl (C=O) groups is 3. The molecule has 0 saturated carbocycles. The van der Waals surface area contributed by atoms with Crippen molar-refractivity contribution in [2.75, 3.05) is 11.9 Å². The Morgan fingerprint density at radius 2 is 1.52 bits per heavy atom. The number of anilines is 1. The largest absolute Gasteiger partial charge is 0.478 e. The summed E-state index contributed by atoms with van der Waals surface area (Å²) in [7, 11) is 0. The third-order valence-electron chi connectivity index (χ3n) is 3.60. The van der Waals surface area contributed by atoms with Crippen LogP contribution in [-0.2, 0) is 6.42 Å². The van der Waals surface area contributed by atoms with Gasteiger partial charge in [-0.15, -0.1) is 0 Å². The number of carboxylic acid groups (broad SMARTS) is 2. The van der Waals surface area contributed by atoms with Crippen LogP contribution < -0.4 is 5.32 Å². The number of aliphatic hydroxyl groups is 1. The summed E-state index contributed by atoms with van der Waals surface area (Å²) >= 11 is 0. The van der Waals surface area contributed by atoms with Crippen LogP contribution in [0.3, 0.4) is 0 Å². The number of hydrogen-bond acceptors (Lipinski definition) is 4. The van der Waals surface area contributed by atoms with Crippen molar-refractivity contribution in [2.45, 2.75) is 12.8 Å². The number of carbonyl (C=O) groups excluding carboxylic acids is 1. The fourth-order valence-electron chi connectivity index (χ4n) is 2.41. The highest BCUT2D eigenvalue weighted by Crippen LogP contribution is 2.19. The van der Waals surface area contributed by atoms with E-state index in [1.165, 1.54) is 24.3 Å². The molecule has 2 rings (SSSR count). The van der Waals surface area contributed by atoms with Crippen molar-refractivity contribution in [3.8, 4) is 0 Å². The summed E-state index contributed by atoms with van der Waals surface area (Å²) in [5.74, 6) is -3.01. The molecule has 0 heterocycles. The first-order valence-electron chi connectivity index (χ1n) is 7.54. The Bertz CT molecular complexity index is 815. The number of hydrogen-bond donors (Lipinski definition) is 4. The van der Waals surface area contributed by atoms with Gasteiger partial charge in [-0.2, -0.15) is 0 Å². The molecule has 25 heavy (non-hydrogen) atoms. The number of aromatic carboxylic acids is 2. The molecule has 0 aliphatic carbocycles. The number of aryl methyl sites for hydroxylation is 1. The second kappa shape index (κ2) is 8.07. The normalized spacial score (nSPS) is 10.3. The molecule has 0 aliphatic heterocycles. The summed E-state index contributed by atoms with van der Waals surface area (Å²) in [6.45, 7) is -0.0521. The minimum Gasteiger partial charge on any atom is -0.478 e. The van der Waals surface area contributed by atoms with Crippen molar-refractivity contribution in [1.29, 1.82) is 0 Å². The Labute approximate surface area is 143 Å². The second-order valence-corrected chi connectivity index (χ2v) is 5.31. The first-order valence-corrected chi connectivity index (χ1v) is 7.54. The van der Waals surface area contributed by atoms with Crippen LogP contribution in [-0.4, -0.2) is 39.8 Å². The highest BCUT2D eigenvalue weighted by atomic mass is 16.4. The highest BCUT2D eigenvalue weighted by molar-refractivity contribution is 6.11. The molecule has 7 nitrogen and oxygen atoms in total. The van der Waals surface area contributed by atoms with Crippen LogP contribution >= 0.6 is 0 Å². The number of amides is 1. The molecular weight excluding hydrogens is 326 g/mol. The molecule has 1 amide bonds. The molecule has 4 N–H and O–H groups in total. The third-order valence-corrected chi connectivity index (χ3v) is 3.60. The Kier molecular flexibility index (Phi) is 5.86. The molecule has 130 valence electrons. The molecule has 7 heteroatoms. The molecule has 0 saturated heterocycles.